The van der Waals surface area contributed by atoms with E-state index in [-0.39, 0.29) is 5.84 Å². The minimum atomic E-state index is -0.452. The monoisotopic (exact) mass is 323 g/mol. The zero-order chi connectivity index (χ0) is 16.9. The van der Waals surface area contributed by atoms with Crippen LogP contribution < -0.4 is 10.3 Å². The number of nitrogens with one attached hydrogen (secondary N) is 1. The molecule has 2 aromatic rings. The van der Waals surface area contributed by atoms with E-state index >= 15 is 0 Å². The number of fused-ring (bicyclic) bond motifs is 1. The van der Waals surface area contributed by atoms with E-state index in [1.807, 2.05) is 54.3 Å². The largest absolute Gasteiger partial charge is 0.463 e. The summed E-state index contributed by atoms with van der Waals surface area (Å²) in [7, 11) is 1.38. The molecule has 0 fully saturated rings. The van der Waals surface area contributed by atoms with E-state index in [1.54, 1.807) is 0 Å². The molecule has 5 heteroatoms. The zero-order valence-electron chi connectivity index (χ0n) is 14.0. The lowest BCUT2D eigenvalue weighted by Crippen LogP contribution is -2.41. The fourth-order valence-electron chi connectivity index (χ4n) is 2.89. The lowest BCUT2D eigenvalue weighted by molar-refractivity contribution is -0.132. The molecule has 0 atom stereocenters. The Morgan fingerprint density at radius 1 is 1.21 bits per heavy atom. The first-order chi connectivity index (χ1) is 11.7. The van der Waals surface area contributed by atoms with E-state index < -0.39 is 5.97 Å². The molecular weight excluding hydrogens is 302 g/mol. The number of amidine groups is 1. The van der Waals surface area contributed by atoms with Gasteiger partial charge in [0, 0.05) is 12.2 Å². The van der Waals surface area contributed by atoms with Crippen LogP contribution in [0.25, 0.3) is 0 Å². The molecule has 0 radical (unpaired) electrons. The van der Waals surface area contributed by atoms with Crippen molar-refractivity contribution in [1.82, 2.24) is 0 Å². The van der Waals surface area contributed by atoms with Crippen LogP contribution in [-0.4, -0.2) is 25.5 Å². The number of hydrogen-bond acceptors (Lipinski definition) is 4. The van der Waals surface area contributed by atoms with Crippen molar-refractivity contribution in [3.63, 3.8) is 0 Å². The third kappa shape index (κ3) is 3.40. The highest BCUT2D eigenvalue weighted by molar-refractivity contribution is 6.41. The molecule has 0 amide bonds. The first-order valence-corrected chi connectivity index (χ1v) is 8.03. The van der Waals surface area contributed by atoms with Crippen LogP contribution in [-0.2, 0) is 16.0 Å². The Morgan fingerprint density at radius 2 is 2.04 bits per heavy atom. The SMILES string of the molecule is COC(=O)/C(=N\Nc1cccc(C)c1)N1CCCc2ccccc21. The Labute approximate surface area is 141 Å². The molecule has 5 nitrogen and oxygen atoms in total. The Balaban J connectivity index is 1.93. The highest BCUT2D eigenvalue weighted by atomic mass is 16.5. The van der Waals surface area contributed by atoms with Gasteiger partial charge in [-0.3, -0.25) is 5.43 Å². The Kier molecular flexibility index (Phi) is 4.79. The number of aryl methyl sites for hydroxylation is 2. The van der Waals surface area contributed by atoms with Crippen molar-refractivity contribution in [2.75, 3.05) is 24.0 Å². The van der Waals surface area contributed by atoms with Gasteiger partial charge in [0.25, 0.3) is 0 Å². The van der Waals surface area contributed by atoms with Crippen molar-refractivity contribution >= 4 is 23.2 Å². The standard InChI is InChI=1S/C19H21N3O2/c1-14-7-5-10-16(13-14)20-21-18(19(23)24-2)22-12-6-9-15-8-3-4-11-17(15)22/h3-5,7-8,10-11,13,20H,6,9,12H2,1-2H3/b21-18+. The summed E-state index contributed by atoms with van der Waals surface area (Å²) in [6.45, 7) is 2.75. The summed E-state index contributed by atoms with van der Waals surface area (Å²) >= 11 is 0. The van der Waals surface area contributed by atoms with E-state index in [0.29, 0.717) is 0 Å². The van der Waals surface area contributed by atoms with Crippen LogP contribution in [0, 0.1) is 6.92 Å². The lowest BCUT2D eigenvalue weighted by Gasteiger charge is -2.30. The molecule has 0 bridgehead atoms. The van der Waals surface area contributed by atoms with Crippen LogP contribution in [0.4, 0.5) is 11.4 Å². The van der Waals surface area contributed by atoms with Crippen molar-refractivity contribution in [1.29, 1.82) is 0 Å². The molecule has 1 heterocycles. The van der Waals surface area contributed by atoms with Crippen molar-refractivity contribution in [2.24, 2.45) is 5.10 Å². The van der Waals surface area contributed by atoms with Crippen LogP contribution in [0.5, 0.6) is 0 Å². The number of benzene rings is 2. The van der Waals surface area contributed by atoms with Crippen molar-refractivity contribution in [3.8, 4) is 0 Å². The predicted octanol–water partition coefficient (Wildman–Crippen LogP) is 3.35. The summed E-state index contributed by atoms with van der Waals surface area (Å²) in [5, 5.41) is 4.35. The van der Waals surface area contributed by atoms with Crippen LogP contribution in [0.1, 0.15) is 17.5 Å². The number of carbonyl (C=O) groups is 1. The fourth-order valence-corrected chi connectivity index (χ4v) is 2.89. The Bertz CT molecular complexity index is 771. The van der Waals surface area contributed by atoms with Crippen LogP contribution >= 0.6 is 0 Å². The normalized spacial score (nSPS) is 14.1. The van der Waals surface area contributed by atoms with E-state index in [1.165, 1.54) is 12.7 Å². The number of nitrogens with zero attached hydrogens (tertiary/aromatic N) is 2. The highest BCUT2D eigenvalue weighted by Gasteiger charge is 2.26. The average Bonchev–Trinajstić information content (AvgIpc) is 2.62. The molecule has 0 aliphatic carbocycles. The molecule has 124 valence electrons. The second-order valence-corrected chi connectivity index (χ2v) is 5.79. The zero-order valence-corrected chi connectivity index (χ0v) is 14.0. The van der Waals surface area contributed by atoms with E-state index in [0.717, 1.165) is 36.3 Å². The fraction of sp³-hybridized carbons (Fsp3) is 0.263. The van der Waals surface area contributed by atoms with E-state index in [4.69, 9.17) is 4.74 Å². The van der Waals surface area contributed by atoms with Crippen LogP contribution in [0.2, 0.25) is 0 Å². The molecule has 2 aromatic carbocycles. The molecule has 0 aromatic heterocycles. The molecular formula is C19H21N3O2. The van der Waals surface area contributed by atoms with Gasteiger partial charge in [0.2, 0.25) is 5.84 Å². The van der Waals surface area contributed by atoms with Gasteiger partial charge < -0.3 is 9.64 Å². The van der Waals surface area contributed by atoms with Crippen LogP contribution in [0.3, 0.4) is 0 Å². The van der Waals surface area contributed by atoms with Gasteiger partial charge in [-0.05, 0) is 49.1 Å². The van der Waals surface area contributed by atoms with Gasteiger partial charge in [-0.1, -0.05) is 30.3 Å². The van der Waals surface area contributed by atoms with Gasteiger partial charge in [-0.15, -0.1) is 5.10 Å². The summed E-state index contributed by atoms with van der Waals surface area (Å²) < 4.78 is 4.94. The summed E-state index contributed by atoms with van der Waals surface area (Å²) in [6.07, 6.45) is 1.98. The summed E-state index contributed by atoms with van der Waals surface area (Å²) in [6, 6.07) is 15.9. The van der Waals surface area contributed by atoms with Gasteiger partial charge in [-0.25, -0.2) is 4.79 Å². The molecule has 1 aliphatic heterocycles. The summed E-state index contributed by atoms with van der Waals surface area (Å²) in [4.78, 5) is 14.2. The maximum Gasteiger partial charge on any atom is 0.376 e. The molecule has 0 saturated heterocycles. The number of rotatable bonds is 2. The number of para-hydroxylation sites is 1. The topological polar surface area (TPSA) is 53.9 Å². The van der Waals surface area contributed by atoms with Gasteiger partial charge in [-0.2, -0.15) is 0 Å². The predicted molar refractivity (Wildman–Crippen MR) is 96.4 cm³/mol. The number of carbonyl (C=O) groups excluding carboxylic acids is 1. The van der Waals surface area contributed by atoms with E-state index in [9.17, 15) is 4.79 Å². The van der Waals surface area contributed by atoms with Gasteiger partial charge in [0.05, 0.1) is 12.8 Å². The molecule has 1 N–H and O–H groups in total. The number of esters is 1. The highest BCUT2D eigenvalue weighted by Crippen LogP contribution is 2.27. The quantitative estimate of drug-likeness (QED) is 0.398. The minimum Gasteiger partial charge on any atom is -0.463 e. The van der Waals surface area contributed by atoms with Crippen molar-refractivity contribution in [2.45, 2.75) is 19.8 Å². The first kappa shape index (κ1) is 16.1. The molecule has 24 heavy (non-hydrogen) atoms. The van der Waals surface area contributed by atoms with Gasteiger partial charge in [0.1, 0.15) is 0 Å². The second-order valence-electron chi connectivity index (χ2n) is 5.79. The van der Waals surface area contributed by atoms with Crippen molar-refractivity contribution < 1.29 is 9.53 Å². The maximum absolute atomic E-state index is 12.3. The van der Waals surface area contributed by atoms with E-state index in [2.05, 4.69) is 16.6 Å². The number of hydrogen-bond donors (Lipinski definition) is 1. The Hall–Kier alpha value is -2.82. The molecule has 0 unspecified atom stereocenters. The number of hydrazone groups is 1. The number of ether oxygens (including phenoxy) is 1. The molecule has 1 aliphatic rings. The lowest BCUT2D eigenvalue weighted by atomic mass is 10.0. The van der Waals surface area contributed by atoms with Gasteiger partial charge >= 0.3 is 5.97 Å². The number of methoxy groups -OCH3 is 1. The van der Waals surface area contributed by atoms with Crippen LogP contribution in [0.15, 0.2) is 53.6 Å². The Morgan fingerprint density at radius 3 is 2.83 bits per heavy atom. The minimum absolute atomic E-state index is 0.270. The number of anilines is 2. The molecule has 0 saturated carbocycles. The third-order valence-electron chi connectivity index (χ3n) is 4.04. The third-order valence-corrected chi connectivity index (χ3v) is 4.04. The average molecular weight is 323 g/mol. The van der Waals surface area contributed by atoms with Gasteiger partial charge in [0.15, 0.2) is 0 Å². The molecule has 3 rings (SSSR count). The second kappa shape index (κ2) is 7.17. The molecule has 0 spiro atoms. The maximum atomic E-state index is 12.3. The van der Waals surface area contributed by atoms with Crippen molar-refractivity contribution in [3.05, 3.63) is 59.7 Å². The first-order valence-electron chi connectivity index (χ1n) is 8.03. The smallest absolute Gasteiger partial charge is 0.376 e. The summed E-state index contributed by atoms with van der Waals surface area (Å²) in [5.74, 6) is -0.182. The summed E-state index contributed by atoms with van der Waals surface area (Å²) in [5.41, 5.74) is 7.16.